The van der Waals surface area contributed by atoms with E-state index in [4.69, 9.17) is 4.74 Å². The fourth-order valence-electron chi connectivity index (χ4n) is 3.42. The van der Waals surface area contributed by atoms with Crippen molar-refractivity contribution < 1.29 is 4.74 Å². The van der Waals surface area contributed by atoms with Crippen molar-refractivity contribution in [3.63, 3.8) is 0 Å². The molecule has 3 unspecified atom stereocenters. The summed E-state index contributed by atoms with van der Waals surface area (Å²) in [6.45, 7) is 8.93. The second-order valence-corrected chi connectivity index (χ2v) is 7.02. The summed E-state index contributed by atoms with van der Waals surface area (Å²) in [6, 6.07) is 1.30. The van der Waals surface area contributed by atoms with E-state index in [0.717, 1.165) is 19.1 Å². The van der Waals surface area contributed by atoms with Gasteiger partial charge in [-0.05, 0) is 46.3 Å². The molecule has 2 aliphatic heterocycles. The smallest absolute Gasteiger partial charge is 0.0707 e. The van der Waals surface area contributed by atoms with Crippen LogP contribution in [0.15, 0.2) is 0 Å². The Kier molecular flexibility index (Phi) is 6.27. The number of likely N-dealkylation sites (N-methyl/N-ethyl adjacent to an activating group) is 2. The lowest BCUT2D eigenvalue weighted by molar-refractivity contribution is 0.0241. The lowest BCUT2D eigenvalue weighted by Crippen LogP contribution is -2.40. The molecule has 0 saturated carbocycles. The first-order valence-electron chi connectivity index (χ1n) is 8.32. The summed E-state index contributed by atoms with van der Waals surface area (Å²) >= 11 is 0. The molecule has 2 heterocycles. The Morgan fingerprint density at radius 1 is 1.20 bits per heavy atom. The van der Waals surface area contributed by atoms with Gasteiger partial charge in [-0.3, -0.25) is 0 Å². The SMILES string of the molecule is CC(C)NCC1CCC(CN(C)CC2CCCN2C)O1. The molecular formula is C16H33N3O. The molecule has 0 aliphatic carbocycles. The summed E-state index contributed by atoms with van der Waals surface area (Å²) in [6.07, 6.45) is 6.00. The Hall–Kier alpha value is -0.160. The highest BCUT2D eigenvalue weighted by Gasteiger charge is 2.28. The molecule has 0 amide bonds. The highest BCUT2D eigenvalue weighted by molar-refractivity contribution is 4.82. The van der Waals surface area contributed by atoms with Crippen molar-refractivity contribution in [2.45, 2.75) is 63.8 Å². The van der Waals surface area contributed by atoms with Gasteiger partial charge in [0.15, 0.2) is 0 Å². The van der Waals surface area contributed by atoms with Crippen LogP contribution in [0.3, 0.4) is 0 Å². The van der Waals surface area contributed by atoms with Gasteiger partial charge in [0.25, 0.3) is 0 Å². The molecule has 3 atom stereocenters. The fraction of sp³-hybridized carbons (Fsp3) is 1.00. The van der Waals surface area contributed by atoms with Crippen LogP contribution >= 0.6 is 0 Å². The molecule has 2 rings (SSSR count). The maximum atomic E-state index is 6.16. The van der Waals surface area contributed by atoms with Gasteiger partial charge in [-0.15, -0.1) is 0 Å². The summed E-state index contributed by atoms with van der Waals surface area (Å²) < 4.78 is 6.16. The number of hydrogen-bond acceptors (Lipinski definition) is 4. The average molecular weight is 283 g/mol. The van der Waals surface area contributed by atoms with Gasteiger partial charge in [-0.2, -0.15) is 0 Å². The molecule has 2 fully saturated rings. The predicted molar refractivity (Wildman–Crippen MR) is 84.2 cm³/mol. The minimum absolute atomic E-state index is 0.421. The molecule has 1 N–H and O–H groups in total. The highest BCUT2D eigenvalue weighted by atomic mass is 16.5. The number of rotatable bonds is 7. The lowest BCUT2D eigenvalue weighted by atomic mass is 10.1. The van der Waals surface area contributed by atoms with Crippen molar-refractivity contribution in [2.24, 2.45) is 0 Å². The molecule has 118 valence electrons. The second-order valence-electron chi connectivity index (χ2n) is 7.02. The fourth-order valence-corrected chi connectivity index (χ4v) is 3.42. The minimum atomic E-state index is 0.421. The van der Waals surface area contributed by atoms with Crippen molar-refractivity contribution in [3.8, 4) is 0 Å². The van der Waals surface area contributed by atoms with E-state index in [-0.39, 0.29) is 0 Å². The predicted octanol–water partition coefficient (Wildman–Crippen LogP) is 1.56. The van der Waals surface area contributed by atoms with Gasteiger partial charge in [0.05, 0.1) is 12.2 Å². The quantitative estimate of drug-likeness (QED) is 0.767. The van der Waals surface area contributed by atoms with Crippen LogP contribution in [0.2, 0.25) is 0 Å². The Labute approximate surface area is 124 Å². The van der Waals surface area contributed by atoms with E-state index < -0.39 is 0 Å². The molecule has 0 spiro atoms. The van der Waals surface area contributed by atoms with Crippen LogP contribution in [0.5, 0.6) is 0 Å². The zero-order chi connectivity index (χ0) is 14.5. The normalized spacial score (nSPS) is 31.8. The summed E-state index contributed by atoms with van der Waals surface area (Å²) in [5, 5.41) is 3.48. The van der Waals surface area contributed by atoms with Crippen molar-refractivity contribution in [3.05, 3.63) is 0 Å². The topological polar surface area (TPSA) is 27.7 Å². The van der Waals surface area contributed by atoms with Gasteiger partial charge in [0, 0.05) is 31.7 Å². The number of ether oxygens (including phenoxy) is 1. The van der Waals surface area contributed by atoms with E-state index in [2.05, 4.69) is 43.1 Å². The van der Waals surface area contributed by atoms with E-state index in [1.807, 2.05) is 0 Å². The third-order valence-corrected chi connectivity index (χ3v) is 4.66. The minimum Gasteiger partial charge on any atom is -0.372 e. The van der Waals surface area contributed by atoms with Gasteiger partial charge in [0.2, 0.25) is 0 Å². The van der Waals surface area contributed by atoms with Crippen molar-refractivity contribution in [1.82, 2.24) is 15.1 Å². The monoisotopic (exact) mass is 283 g/mol. The maximum Gasteiger partial charge on any atom is 0.0707 e. The number of likely N-dealkylation sites (tertiary alicyclic amines) is 1. The second kappa shape index (κ2) is 7.74. The standard InChI is InChI=1S/C16H33N3O/c1-13(2)17-10-15-7-8-16(20-15)12-18(3)11-14-6-5-9-19(14)4/h13-17H,5-12H2,1-4H3. The Morgan fingerprint density at radius 2 is 1.95 bits per heavy atom. The van der Waals surface area contributed by atoms with Crippen molar-refractivity contribution >= 4 is 0 Å². The van der Waals surface area contributed by atoms with Crippen molar-refractivity contribution in [1.29, 1.82) is 0 Å². The van der Waals surface area contributed by atoms with E-state index in [1.54, 1.807) is 0 Å². The van der Waals surface area contributed by atoms with E-state index in [1.165, 1.54) is 38.8 Å². The summed E-state index contributed by atoms with van der Waals surface area (Å²) in [5.41, 5.74) is 0. The molecule has 4 nitrogen and oxygen atoms in total. The number of nitrogens with zero attached hydrogens (tertiary/aromatic N) is 2. The van der Waals surface area contributed by atoms with Crippen LogP contribution in [-0.4, -0.2) is 74.4 Å². The zero-order valence-electron chi connectivity index (χ0n) is 13.8. The number of nitrogens with one attached hydrogen (secondary N) is 1. The van der Waals surface area contributed by atoms with Gasteiger partial charge in [0.1, 0.15) is 0 Å². The zero-order valence-corrected chi connectivity index (χ0v) is 13.8. The third-order valence-electron chi connectivity index (χ3n) is 4.66. The molecule has 0 bridgehead atoms. The molecule has 0 aromatic carbocycles. The van der Waals surface area contributed by atoms with Crippen LogP contribution in [0.1, 0.15) is 39.5 Å². The molecule has 0 radical (unpaired) electrons. The molecular weight excluding hydrogens is 250 g/mol. The Balaban J connectivity index is 1.64. The lowest BCUT2D eigenvalue weighted by Gasteiger charge is -2.27. The Bertz CT molecular complexity index is 285. The first-order chi connectivity index (χ1) is 9.54. The molecule has 2 saturated heterocycles. The molecule has 0 aromatic rings. The summed E-state index contributed by atoms with van der Waals surface area (Å²) in [5.74, 6) is 0. The molecule has 0 aromatic heterocycles. The van der Waals surface area contributed by atoms with Crippen LogP contribution < -0.4 is 5.32 Å². The van der Waals surface area contributed by atoms with Crippen LogP contribution in [-0.2, 0) is 4.74 Å². The van der Waals surface area contributed by atoms with Crippen LogP contribution in [0.25, 0.3) is 0 Å². The number of hydrogen-bond donors (Lipinski definition) is 1. The van der Waals surface area contributed by atoms with Gasteiger partial charge < -0.3 is 19.9 Å². The van der Waals surface area contributed by atoms with E-state index in [0.29, 0.717) is 18.2 Å². The van der Waals surface area contributed by atoms with Gasteiger partial charge in [-0.1, -0.05) is 13.8 Å². The average Bonchev–Trinajstić information content (AvgIpc) is 2.97. The first-order valence-corrected chi connectivity index (χ1v) is 8.32. The summed E-state index contributed by atoms with van der Waals surface area (Å²) in [4.78, 5) is 4.97. The maximum absolute atomic E-state index is 6.16. The largest absolute Gasteiger partial charge is 0.372 e. The van der Waals surface area contributed by atoms with Crippen LogP contribution in [0.4, 0.5) is 0 Å². The van der Waals surface area contributed by atoms with E-state index in [9.17, 15) is 0 Å². The van der Waals surface area contributed by atoms with Crippen LogP contribution in [0, 0.1) is 0 Å². The third kappa shape index (κ3) is 4.99. The van der Waals surface area contributed by atoms with E-state index >= 15 is 0 Å². The molecule has 2 aliphatic rings. The first kappa shape index (κ1) is 16.2. The molecule has 4 heteroatoms. The van der Waals surface area contributed by atoms with Gasteiger partial charge >= 0.3 is 0 Å². The highest BCUT2D eigenvalue weighted by Crippen LogP contribution is 2.21. The molecule has 20 heavy (non-hydrogen) atoms. The van der Waals surface area contributed by atoms with Gasteiger partial charge in [-0.25, -0.2) is 0 Å². The Morgan fingerprint density at radius 3 is 2.60 bits per heavy atom. The summed E-state index contributed by atoms with van der Waals surface area (Å²) in [7, 11) is 4.50. The van der Waals surface area contributed by atoms with Crippen molar-refractivity contribution in [2.75, 3.05) is 40.3 Å².